The Hall–Kier alpha value is -1.55. The number of fused-ring (bicyclic) bond motifs is 2. The number of H-pyrrole nitrogens is 1. The van der Waals surface area contributed by atoms with Crippen LogP contribution in [0.15, 0.2) is 27.4 Å². The molecule has 0 radical (unpaired) electrons. The van der Waals surface area contributed by atoms with Crippen molar-refractivity contribution in [3.63, 3.8) is 0 Å². The average molecular weight is 258 g/mol. The first-order chi connectivity index (χ1) is 9.28. The number of hydrogen-bond acceptors (Lipinski definition) is 3. The minimum absolute atomic E-state index is 0.378. The lowest BCUT2D eigenvalue weighted by Crippen LogP contribution is -2.20. The zero-order chi connectivity index (χ0) is 13.0. The van der Waals surface area contributed by atoms with Crippen LogP contribution < -0.4 is 11.1 Å². The second-order valence-electron chi connectivity index (χ2n) is 5.87. The van der Waals surface area contributed by atoms with Crippen molar-refractivity contribution >= 4 is 11.1 Å². The smallest absolute Gasteiger partial charge is 0.408 e. The third kappa shape index (κ3) is 1.66. The van der Waals surface area contributed by atoms with Gasteiger partial charge in [-0.25, -0.2) is 4.79 Å². The summed E-state index contributed by atoms with van der Waals surface area (Å²) in [6.07, 6.45) is 4.16. The van der Waals surface area contributed by atoms with E-state index in [4.69, 9.17) is 4.42 Å². The number of rotatable bonds is 3. The van der Waals surface area contributed by atoms with Crippen LogP contribution in [-0.2, 0) is 0 Å². The summed E-state index contributed by atoms with van der Waals surface area (Å²) >= 11 is 0. The largest absolute Gasteiger partial charge is 0.417 e. The molecule has 1 heterocycles. The third-order valence-corrected chi connectivity index (χ3v) is 4.97. The van der Waals surface area contributed by atoms with Crippen molar-refractivity contribution in [2.45, 2.75) is 25.3 Å². The molecule has 100 valence electrons. The van der Waals surface area contributed by atoms with Gasteiger partial charge in [0.05, 0.1) is 5.52 Å². The molecule has 1 aromatic heterocycles. The van der Waals surface area contributed by atoms with E-state index in [1.54, 1.807) is 0 Å². The Kier molecular flexibility index (Phi) is 2.36. The second kappa shape index (κ2) is 3.97. The molecule has 3 unspecified atom stereocenters. The van der Waals surface area contributed by atoms with Gasteiger partial charge in [0.25, 0.3) is 0 Å². The lowest BCUT2D eigenvalue weighted by molar-refractivity contribution is 0.444. The molecule has 1 aromatic carbocycles. The Morgan fingerprint density at radius 1 is 1.37 bits per heavy atom. The molecule has 2 aliphatic carbocycles. The maximum absolute atomic E-state index is 11.2. The van der Waals surface area contributed by atoms with Gasteiger partial charge in [0.2, 0.25) is 0 Å². The number of oxazole rings is 1. The molecule has 2 saturated carbocycles. The predicted molar refractivity (Wildman–Crippen MR) is 73.0 cm³/mol. The molecule has 3 atom stereocenters. The van der Waals surface area contributed by atoms with Crippen molar-refractivity contribution in [2.24, 2.45) is 17.8 Å². The van der Waals surface area contributed by atoms with E-state index >= 15 is 0 Å². The first-order valence-corrected chi connectivity index (χ1v) is 7.08. The van der Waals surface area contributed by atoms with Crippen molar-refractivity contribution in [1.29, 1.82) is 0 Å². The van der Waals surface area contributed by atoms with E-state index in [1.807, 2.05) is 19.2 Å². The molecular formula is C15H18N2O2. The van der Waals surface area contributed by atoms with E-state index in [2.05, 4.69) is 16.4 Å². The molecule has 0 spiro atoms. The van der Waals surface area contributed by atoms with Gasteiger partial charge in [-0.15, -0.1) is 0 Å². The minimum atomic E-state index is -0.378. The second-order valence-corrected chi connectivity index (χ2v) is 5.87. The highest BCUT2D eigenvalue weighted by molar-refractivity contribution is 5.72. The van der Waals surface area contributed by atoms with Crippen LogP contribution in [0.1, 0.15) is 30.9 Å². The van der Waals surface area contributed by atoms with Gasteiger partial charge in [-0.1, -0.05) is 12.5 Å². The van der Waals surface area contributed by atoms with Crippen LogP contribution in [0.3, 0.4) is 0 Å². The summed E-state index contributed by atoms with van der Waals surface area (Å²) in [7, 11) is 2.02. The number of aromatic amines is 1. The highest BCUT2D eigenvalue weighted by Crippen LogP contribution is 2.62. The van der Waals surface area contributed by atoms with E-state index in [9.17, 15) is 4.79 Å². The Morgan fingerprint density at radius 2 is 2.16 bits per heavy atom. The summed E-state index contributed by atoms with van der Waals surface area (Å²) in [4.78, 5) is 13.9. The Morgan fingerprint density at radius 3 is 2.89 bits per heavy atom. The van der Waals surface area contributed by atoms with E-state index in [0.29, 0.717) is 11.6 Å². The molecule has 4 rings (SSSR count). The van der Waals surface area contributed by atoms with E-state index in [1.165, 1.54) is 24.8 Å². The quantitative estimate of drug-likeness (QED) is 0.889. The molecule has 2 N–H and O–H groups in total. The highest BCUT2D eigenvalue weighted by atomic mass is 16.4. The fourth-order valence-electron chi connectivity index (χ4n) is 4.11. The SMILES string of the molecule is CNC(c1ccc2[nH]c(=O)oc2c1)C1C2CCCC21. The van der Waals surface area contributed by atoms with Crippen LogP contribution in [0, 0.1) is 17.8 Å². The summed E-state index contributed by atoms with van der Waals surface area (Å²) in [6, 6.07) is 6.43. The third-order valence-electron chi connectivity index (χ3n) is 4.97. The van der Waals surface area contributed by atoms with Crippen LogP contribution in [0.5, 0.6) is 0 Å². The van der Waals surface area contributed by atoms with Gasteiger partial charge in [-0.3, -0.25) is 4.98 Å². The number of aromatic nitrogens is 1. The van der Waals surface area contributed by atoms with Gasteiger partial charge in [-0.2, -0.15) is 0 Å². The molecule has 2 aromatic rings. The van der Waals surface area contributed by atoms with Crippen molar-refractivity contribution in [2.75, 3.05) is 7.05 Å². The fourth-order valence-corrected chi connectivity index (χ4v) is 4.11. The molecule has 0 bridgehead atoms. The molecule has 0 amide bonds. The highest BCUT2D eigenvalue weighted by Gasteiger charge is 2.55. The minimum Gasteiger partial charge on any atom is -0.408 e. The lowest BCUT2D eigenvalue weighted by Gasteiger charge is -2.18. The van der Waals surface area contributed by atoms with Crippen molar-refractivity contribution in [3.8, 4) is 0 Å². The van der Waals surface area contributed by atoms with Crippen LogP contribution in [0.2, 0.25) is 0 Å². The molecular weight excluding hydrogens is 240 g/mol. The molecule has 2 fully saturated rings. The maximum atomic E-state index is 11.2. The van der Waals surface area contributed by atoms with Crippen LogP contribution in [0.25, 0.3) is 11.1 Å². The van der Waals surface area contributed by atoms with Gasteiger partial charge in [0.1, 0.15) is 0 Å². The normalized spacial score (nSPS) is 30.5. The van der Waals surface area contributed by atoms with Gasteiger partial charge < -0.3 is 9.73 Å². The van der Waals surface area contributed by atoms with E-state index < -0.39 is 0 Å². The van der Waals surface area contributed by atoms with Gasteiger partial charge in [0, 0.05) is 6.04 Å². The fraction of sp³-hybridized carbons (Fsp3) is 0.533. The van der Waals surface area contributed by atoms with Crippen LogP contribution in [-0.4, -0.2) is 12.0 Å². The maximum Gasteiger partial charge on any atom is 0.417 e. The van der Waals surface area contributed by atoms with E-state index in [-0.39, 0.29) is 5.76 Å². The van der Waals surface area contributed by atoms with Crippen molar-refractivity contribution in [1.82, 2.24) is 10.3 Å². The number of nitrogens with one attached hydrogen (secondary N) is 2. The Balaban J connectivity index is 1.69. The summed E-state index contributed by atoms with van der Waals surface area (Å²) in [5.74, 6) is 2.20. The topological polar surface area (TPSA) is 58.0 Å². The molecule has 4 heteroatoms. The Bertz CT molecular complexity index is 662. The summed E-state index contributed by atoms with van der Waals surface area (Å²) in [6.45, 7) is 0. The zero-order valence-corrected chi connectivity index (χ0v) is 11.0. The summed E-state index contributed by atoms with van der Waals surface area (Å²) < 4.78 is 5.16. The molecule has 0 aliphatic heterocycles. The molecule has 2 aliphatic rings. The monoisotopic (exact) mass is 258 g/mol. The van der Waals surface area contributed by atoms with Crippen LogP contribution >= 0.6 is 0 Å². The standard InChI is InChI=1S/C15H18N2O2/c1-16-14(13-9-3-2-4-10(9)13)8-5-6-11-12(7-8)19-15(18)17-11/h5-7,9-10,13-14,16H,2-4H2,1H3,(H,17,18). The summed E-state index contributed by atoms with van der Waals surface area (Å²) in [5.41, 5.74) is 2.67. The van der Waals surface area contributed by atoms with Crippen molar-refractivity contribution < 1.29 is 4.42 Å². The van der Waals surface area contributed by atoms with Gasteiger partial charge >= 0.3 is 5.76 Å². The molecule has 0 saturated heterocycles. The number of hydrogen-bond donors (Lipinski definition) is 2. The van der Waals surface area contributed by atoms with Gasteiger partial charge in [-0.05, 0) is 55.3 Å². The average Bonchev–Trinajstić information content (AvgIpc) is 2.79. The molecule has 19 heavy (non-hydrogen) atoms. The van der Waals surface area contributed by atoms with Crippen LogP contribution in [0.4, 0.5) is 0 Å². The number of benzene rings is 1. The van der Waals surface area contributed by atoms with Crippen molar-refractivity contribution in [3.05, 3.63) is 34.3 Å². The first-order valence-electron chi connectivity index (χ1n) is 7.08. The lowest BCUT2D eigenvalue weighted by atomic mass is 9.97. The summed E-state index contributed by atoms with van der Waals surface area (Å²) in [5, 5.41) is 3.45. The van der Waals surface area contributed by atoms with Gasteiger partial charge in [0.15, 0.2) is 5.58 Å². The molecule has 4 nitrogen and oxygen atoms in total. The predicted octanol–water partition coefficient (Wildman–Crippen LogP) is 2.43. The van der Waals surface area contributed by atoms with E-state index in [0.717, 1.165) is 23.3 Å². The first kappa shape index (κ1) is 11.3. The Labute approximate surface area is 111 Å². The zero-order valence-electron chi connectivity index (χ0n) is 11.0.